The highest BCUT2D eigenvalue weighted by molar-refractivity contribution is 9.10. The summed E-state index contributed by atoms with van der Waals surface area (Å²) in [7, 11) is 0. The number of amides is 1. The maximum atomic E-state index is 12.1. The summed E-state index contributed by atoms with van der Waals surface area (Å²) in [6.45, 7) is 4.10. The van der Waals surface area contributed by atoms with Crippen LogP contribution in [-0.4, -0.2) is 11.0 Å². The van der Waals surface area contributed by atoms with E-state index < -0.39 is 0 Å². The largest absolute Gasteiger partial charge is 0.344 e. The molecule has 4 nitrogen and oxygen atoms in total. The Morgan fingerprint density at radius 3 is 2.72 bits per heavy atom. The molecule has 1 N–H and O–H groups in total. The van der Waals surface area contributed by atoms with Gasteiger partial charge in [-0.1, -0.05) is 0 Å². The van der Waals surface area contributed by atoms with Gasteiger partial charge in [-0.05, 0) is 48.0 Å². The molecule has 0 saturated heterocycles. The van der Waals surface area contributed by atoms with E-state index >= 15 is 0 Å². The Kier molecular flexibility index (Phi) is 3.52. The van der Waals surface area contributed by atoms with Crippen molar-refractivity contribution in [2.45, 2.75) is 19.9 Å². The number of nitrogens with zero attached hydrogens (tertiary/aromatic N) is 1. The van der Waals surface area contributed by atoms with Crippen LogP contribution in [0.4, 0.5) is 5.69 Å². The Morgan fingerprint density at radius 1 is 1.39 bits per heavy atom. The topological polar surface area (TPSA) is 51.1 Å². The zero-order chi connectivity index (χ0) is 13.3. The van der Waals surface area contributed by atoms with Crippen LogP contribution < -0.4 is 10.7 Å². The molecule has 0 radical (unpaired) electrons. The molecule has 94 valence electrons. The zero-order valence-corrected chi connectivity index (χ0v) is 11.7. The van der Waals surface area contributed by atoms with Crippen LogP contribution >= 0.6 is 15.9 Å². The first-order valence-corrected chi connectivity index (χ1v) is 6.38. The molecule has 0 unspecified atom stereocenters. The monoisotopic (exact) mass is 308 g/mol. The summed E-state index contributed by atoms with van der Waals surface area (Å²) in [6.07, 6.45) is 2.39. The van der Waals surface area contributed by atoms with Crippen LogP contribution in [0.2, 0.25) is 0 Å². The first-order valence-electron chi connectivity index (χ1n) is 5.59. The molecule has 2 rings (SSSR count). The third-order valence-corrected chi connectivity index (χ3v) is 3.34. The fourth-order valence-electron chi connectivity index (χ4n) is 1.91. The molecule has 5 heteroatoms. The summed E-state index contributed by atoms with van der Waals surface area (Å²) in [6, 6.07) is 5.56. The first kappa shape index (κ1) is 12.8. The van der Waals surface area contributed by atoms with Crippen LogP contribution in [0.3, 0.4) is 0 Å². The summed E-state index contributed by atoms with van der Waals surface area (Å²) in [5.41, 5.74) is 1.40. The third kappa shape index (κ3) is 2.18. The SMILES string of the molecule is CC(C)n1cc(Br)c(=O)c2cc(NC=O)ccc21. The molecule has 1 aromatic heterocycles. The summed E-state index contributed by atoms with van der Waals surface area (Å²) in [5, 5.41) is 3.14. The van der Waals surface area contributed by atoms with E-state index in [1.165, 1.54) is 0 Å². The number of benzene rings is 1. The van der Waals surface area contributed by atoms with Gasteiger partial charge in [0.1, 0.15) is 0 Å². The van der Waals surface area contributed by atoms with Crippen LogP contribution in [-0.2, 0) is 4.79 Å². The quantitative estimate of drug-likeness (QED) is 0.886. The van der Waals surface area contributed by atoms with E-state index in [0.717, 1.165) is 5.52 Å². The van der Waals surface area contributed by atoms with Gasteiger partial charge >= 0.3 is 0 Å². The van der Waals surface area contributed by atoms with E-state index in [9.17, 15) is 9.59 Å². The van der Waals surface area contributed by atoms with Crippen LogP contribution in [0.15, 0.2) is 33.7 Å². The van der Waals surface area contributed by atoms with Crippen molar-refractivity contribution in [1.82, 2.24) is 4.57 Å². The third-order valence-electron chi connectivity index (χ3n) is 2.77. The first-order chi connectivity index (χ1) is 8.54. The standard InChI is InChI=1S/C13H13BrN2O2/c1-8(2)16-6-11(14)13(18)10-5-9(15-7-17)3-4-12(10)16/h3-8H,1-2H3,(H,15,17). The van der Waals surface area contributed by atoms with E-state index in [0.29, 0.717) is 22.0 Å². The van der Waals surface area contributed by atoms with Crippen molar-refractivity contribution in [3.8, 4) is 0 Å². The van der Waals surface area contributed by atoms with Crippen molar-refractivity contribution < 1.29 is 4.79 Å². The average molecular weight is 309 g/mol. The van der Waals surface area contributed by atoms with Crippen molar-refractivity contribution in [3.63, 3.8) is 0 Å². The van der Waals surface area contributed by atoms with E-state index in [-0.39, 0.29) is 11.5 Å². The number of hydrogen-bond donors (Lipinski definition) is 1. The Balaban J connectivity index is 2.81. The lowest BCUT2D eigenvalue weighted by molar-refractivity contribution is -0.105. The smallest absolute Gasteiger partial charge is 0.211 e. The van der Waals surface area contributed by atoms with Crippen molar-refractivity contribution in [2.24, 2.45) is 0 Å². The van der Waals surface area contributed by atoms with Gasteiger partial charge in [-0.2, -0.15) is 0 Å². The van der Waals surface area contributed by atoms with Crippen molar-refractivity contribution >= 4 is 38.9 Å². The predicted molar refractivity (Wildman–Crippen MR) is 76.0 cm³/mol. The molecule has 2 aromatic rings. The molecule has 0 aliphatic heterocycles. The van der Waals surface area contributed by atoms with Gasteiger partial charge in [0.25, 0.3) is 0 Å². The highest BCUT2D eigenvalue weighted by atomic mass is 79.9. The van der Waals surface area contributed by atoms with Gasteiger partial charge in [-0.25, -0.2) is 0 Å². The molecule has 0 bridgehead atoms. The minimum absolute atomic E-state index is 0.0727. The molecule has 1 heterocycles. The van der Waals surface area contributed by atoms with Crippen molar-refractivity contribution in [1.29, 1.82) is 0 Å². The molecule has 1 amide bonds. The lowest BCUT2D eigenvalue weighted by Gasteiger charge is -2.15. The van der Waals surface area contributed by atoms with Gasteiger partial charge in [-0.15, -0.1) is 0 Å². The zero-order valence-electron chi connectivity index (χ0n) is 10.1. The number of rotatable bonds is 3. The highest BCUT2D eigenvalue weighted by Gasteiger charge is 2.09. The lowest BCUT2D eigenvalue weighted by Crippen LogP contribution is -2.12. The number of hydrogen-bond acceptors (Lipinski definition) is 2. The predicted octanol–water partition coefficient (Wildman–Crippen LogP) is 2.91. The molecular weight excluding hydrogens is 296 g/mol. The molecule has 0 spiro atoms. The Bertz CT molecular complexity index is 662. The number of fused-ring (bicyclic) bond motifs is 1. The Hall–Kier alpha value is -1.62. The Labute approximate surface area is 113 Å². The fourth-order valence-corrected chi connectivity index (χ4v) is 2.34. The van der Waals surface area contributed by atoms with E-state index in [4.69, 9.17) is 0 Å². The molecule has 18 heavy (non-hydrogen) atoms. The maximum absolute atomic E-state index is 12.1. The van der Waals surface area contributed by atoms with E-state index in [2.05, 4.69) is 21.2 Å². The van der Waals surface area contributed by atoms with Gasteiger partial charge in [-0.3, -0.25) is 9.59 Å². The average Bonchev–Trinajstić information content (AvgIpc) is 2.34. The summed E-state index contributed by atoms with van der Waals surface area (Å²) in [4.78, 5) is 22.5. The summed E-state index contributed by atoms with van der Waals surface area (Å²) in [5.74, 6) is 0. The molecule has 1 aromatic carbocycles. The number of nitrogens with one attached hydrogen (secondary N) is 1. The maximum Gasteiger partial charge on any atom is 0.211 e. The second-order valence-electron chi connectivity index (χ2n) is 4.30. The number of carbonyl (C=O) groups is 1. The van der Waals surface area contributed by atoms with Crippen LogP contribution in [0.5, 0.6) is 0 Å². The highest BCUT2D eigenvalue weighted by Crippen LogP contribution is 2.21. The number of anilines is 1. The second kappa shape index (κ2) is 4.94. The number of carbonyl (C=O) groups excluding carboxylic acids is 1. The number of halogens is 1. The molecular formula is C13H13BrN2O2. The minimum Gasteiger partial charge on any atom is -0.344 e. The van der Waals surface area contributed by atoms with Crippen molar-refractivity contribution in [3.05, 3.63) is 39.1 Å². The van der Waals surface area contributed by atoms with Gasteiger partial charge in [0.2, 0.25) is 11.8 Å². The molecule has 0 atom stereocenters. The Morgan fingerprint density at radius 2 is 2.11 bits per heavy atom. The number of aromatic nitrogens is 1. The van der Waals surface area contributed by atoms with Gasteiger partial charge in [0, 0.05) is 23.3 Å². The summed E-state index contributed by atoms with van der Waals surface area (Å²) < 4.78 is 2.54. The van der Waals surface area contributed by atoms with Gasteiger partial charge in [0.15, 0.2) is 0 Å². The molecule has 0 aliphatic rings. The number of pyridine rings is 1. The van der Waals surface area contributed by atoms with Crippen molar-refractivity contribution in [2.75, 3.05) is 5.32 Å². The van der Waals surface area contributed by atoms with Crippen LogP contribution in [0.25, 0.3) is 10.9 Å². The van der Waals surface area contributed by atoms with Gasteiger partial charge in [0.05, 0.1) is 9.99 Å². The lowest BCUT2D eigenvalue weighted by atomic mass is 10.1. The van der Waals surface area contributed by atoms with Gasteiger partial charge < -0.3 is 9.88 Å². The molecule has 0 fully saturated rings. The molecule has 0 saturated carbocycles. The molecule has 0 aliphatic carbocycles. The fraction of sp³-hybridized carbons (Fsp3) is 0.231. The van der Waals surface area contributed by atoms with Crippen LogP contribution in [0.1, 0.15) is 19.9 Å². The second-order valence-corrected chi connectivity index (χ2v) is 5.16. The minimum atomic E-state index is -0.0727. The van der Waals surface area contributed by atoms with E-state index in [1.807, 2.05) is 24.5 Å². The normalized spacial score (nSPS) is 10.9. The summed E-state index contributed by atoms with van der Waals surface area (Å²) >= 11 is 3.28. The van der Waals surface area contributed by atoms with Crippen LogP contribution in [0, 0.1) is 0 Å². The van der Waals surface area contributed by atoms with E-state index in [1.54, 1.807) is 18.3 Å².